The van der Waals surface area contributed by atoms with Crippen molar-refractivity contribution in [2.75, 3.05) is 0 Å². The van der Waals surface area contributed by atoms with E-state index in [1.165, 1.54) is 21.0 Å². The molecular formula is C16H14N2S2. The van der Waals surface area contributed by atoms with Crippen molar-refractivity contribution >= 4 is 22.7 Å². The Morgan fingerprint density at radius 2 is 1.85 bits per heavy atom. The Bertz CT molecular complexity index is 743. The lowest BCUT2D eigenvalue weighted by molar-refractivity contribution is 0.857. The summed E-state index contributed by atoms with van der Waals surface area (Å²) in [6.07, 6.45) is 2.24. The summed E-state index contributed by atoms with van der Waals surface area (Å²) in [5.41, 5.74) is 9.99. The lowest BCUT2D eigenvalue weighted by Crippen LogP contribution is -2.11. The van der Waals surface area contributed by atoms with E-state index in [9.17, 15) is 0 Å². The van der Waals surface area contributed by atoms with Gasteiger partial charge in [0.1, 0.15) is 5.01 Å². The standard InChI is InChI=1S/C16H14N2S2/c17-14(10-4-2-1-3-5-10)16-18-15-11-8-9-19-12(11)6-7-13(15)20-16/h1-5,8-9,14H,6-7,17H2. The molecule has 2 nitrogen and oxygen atoms in total. The van der Waals surface area contributed by atoms with Gasteiger partial charge in [-0.05, 0) is 29.9 Å². The summed E-state index contributed by atoms with van der Waals surface area (Å²) in [4.78, 5) is 7.69. The minimum Gasteiger partial charge on any atom is -0.318 e. The maximum absolute atomic E-state index is 6.37. The second kappa shape index (κ2) is 4.81. The molecule has 2 aromatic heterocycles. The van der Waals surface area contributed by atoms with Gasteiger partial charge in [-0.3, -0.25) is 0 Å². The van der Waals surface area contributed by atoms with Crippen LogP contribution in [0, 0.1) is 0 Å². The maximum Gasteiger partial charge on any atom is 0.115 e. The summed E-state index contributed by atoms with van der Waals surface area (Å²) in [7, 11) is 0. The van der Waals surface area contributed by atoms with Crippen LogP contribution in [0.5, 0.6) is 0 Å². The summed E-state index contributed by atoms with van der Waals surface area (Å²) in [6.45, 7) is 0. The molecule has 0 amide bonds. The fourth-order valence-electron chi connectivity index (χ4n) is 2.66. The Morgan fingerprint density at radius 1 is 1.05 bits per heavy atom. The minimum absolute atomic E-state index is 0.117. The zero-order valence-corrected chi connectivity index (χ0v) is 12.5. The zero-order chi connectivity index (χ0) is 13.5. The highest BCUT2D eigenvalue weighted by Crippen LogP contribution is 2.40. The molecule has 3 aromatic rings. The molecule has 1 unspecified atom stereocenters. The molecule has 100 valence electrons. The normalized spacial score (nSPS) is 14.7. The predicted octanol–water partition coefficient (Wildman–Crippen LogP) is 4.02. The van der Waals surface area contributed by atoms with Crippen LogP contribution in [0.15, 0.2) is 41.8 Å². The van der Waals surface area contributed by atoms with Crippen molar-refractivity contribution in [2.24, 2.45) is 5.73 Å². The Hall–Kier alpha value is -1.49. The molecule has 1 atom stereocenters. The first kappa shape index (κ1) is 12.3. The van der Waals surface area contributed by atoms with E-state index in [0.29, 0.717) is 0 Å². The second-order valence-corrected chi connectivity index (χ2v) is 7.09. The Balaban J connectivity index is 1.76. The van der Waals surface area contributed by atoms with Crippen LogP contribution in [-0.2, 0) is 12.8 Å². The van der Waals surface area contributed by atoms with Gasteiger partial charge in [0.2, 0.25) is 0 Å². The molecule has 0 fully saturated rings. The molecule has 2 heterocycles. The smallest absolute Gasteiger partial charge is 0.115 e. The average molecular weight is 298 g/mol. The Kier molecular flexibility index (Phi) is 2.95. The van der Waals surface area contributed by atoms with Gasteiger partial charge in [-0.25, -0.2) is 4.98 Å². The maximum atomic E-state index is 6.37. The topological polar surface area (TPSA) is 38.9 Å². The van der Waals surface area contributed by atoms with Gasteiger partial charge in [0.05, 0.1) is 11.7 Å². The number of aromatic nitrogens is 1. The van der Waals surface area contributed by atoms with Crippen LogP contribution in [-0.4, -0.2) is 4.98 Å². The van der Waals surface area contributed by atoms with E-state index in [1.807, 2.05) is 29.5 Å². The third-order valence-electron chi connectivity index (χ3n) is 3.72. The summed E-state index contributed by atoms with van der Waals surface area (Å²) in [5.74, 6) is 0. The predicted molar refractivity (Wildman–Crippen MR) is 85.3 cm³/mol. The van der Waals surface area contributed by atoms with Crippen LogP contribution in [0.25, 0.3) is 11.3 Å². The lowest BCUT2D eigenvalue weighted by Gasteiger charge is -2.09. The molecule has 4 rings (SSSR count). The number of benzene rings is 1. The van der Waals surface area contributed by atoms with Crippen molar-refractivity contribution in [3.05, 3.63) is 62.1 Å². The first-order chi connectivity index (χ1) is 9.83. The van der Waals surface area contributed by atoms with Crippen molar-refractivity contribution in [1.29, 1.82) is 0 Å². The van der Waals surface area contributed by atoms with Gasteiger partial charge in [0, 0.05) is 15.3 Å². The molecule has 0 saturated carbocycles. The van der Waals surface area contributed by atoms with Gasteiger partial charge in [0.15, 0.2) is 0 Å². The van der Waals surface area contributed by atoms with Gasteiger partial charge in [-0.2, -0.15) is 0 Å². The average Bonchev–Trinajstić information content (AvgIpc) is 3.12. The highest BCUT2D eigenvalue weighted by molar-refractivity contribution is 7.12. The third-order valence-corrected chi connectivity index (χ3v) is 5.90. The van der Waals surface area contributed by atoms with Crippen LogP contribution in [0.4, 0.5) is 0 Å². The number of thiazole rings is 1. The SMILES string of the molecule is NC(c1ccccc1)c1nc2c(s1)CCc1sccc1-2. The quantitative estimate of drug-likeness (QED) is 0.776. The fourth-order valence-corrected chi connectivity index (χ4v) is 4.65. The van der Waals surface area contributed by atoms with Gasteiger partial charge in [0.25, 0.3) is 0 Å². The van der Waals surface area contributed by atoms with Gasteiger partial charge < -0.3 is 5.73 Å². The van der Waals surface area contributed by atoms with Crippen molar-refractivity contribution < 1.29 is 0 Å². The Labute approximate surface area is 125 Å². The molecule has 0 aliphatic heterocycles. The van der Waals surface area contributed by atoms with Crippen LogP contribution in [0.3, 0.4) is 0 Å². The lowest BCUT2D eigenvalue weighted by atomic mass is 10.0. The highest BCUT2D eigenvalue weighted by Gasteiger charge is 2.24. The summed E-state index contributed by atoms with van der Waals surface area (Å²) < 4.78 is 0. The summed E-state index contributed by atoms with van der Waals surface area (Å²) in [5, 5.41) is 3.19. The van der Waals surface area contributed by atoms with Gasteiger partial charge in [-0.15, -0.1) is 22.7 Å². The molecule has 2 N–H and O–H groups in total. The zero-order valence-electron chi connectivity index (χ0n) is 10.9. The van der Waals surface area contributed by atoms with Crippen LogP contribution in [0.1, 0.15) is 26.4 Å². The molecule has 4 heteroatoms. The largest absolute Gasteiger partial charge is 0.318 e. The van der Waals surface area contributed by atoms with Gasteiger partial charge >= 0.3 is 0 Å². The number of rotatable bonds is 2. The van der Waals surface area contributed by atoms with E-state index in [4.69, 9.17) is 10.7 Å². The molecule has 1 aliphatic rings. The molecule has 0 radical (unpaired) electrons. The molecule has 0 spiro atoms. The second-order valence-electron chi connectivity index (χ2n) is 4.97. The van der Waals surface area contributed by atoms with Crippen molar-refractivity contribution in [2.45, 2.75) is 18.9 Å². The molecule has 1 aromatic carbocycles. The first-order valence-electron chi connectivity index (χ1n) is 6.70. The molecular weight excluding hydrogens is 284 g/mol. The van der Waals surface area contributed by atoms with Crippen LogP contribution < -0.4 is 5.73 Å². The Morgan fingerprint density at radius 3 is 2.70 bits per heavy atom. The number of hydrogen-bond donors (Lipinski definition) is 1. The number of hydrogen-bond acceptors (Lipinski definition) is 4. The molecule has 1 aliphatic carbocycles. The van der Waals surface area contributed by atoms with Crippen molar-refractivity contribution in [1.82, 2.24) is 4.98 Å². The summed E-state index contributed by atoms with van der Waals surface area (Å²) >= 11 is 3.61. The fraction of sp³-hybridized carbons (Fsp3) is 0.188. The monoisotopic (exact) mass is 298 g/mol. The van der Waals surface area contributed by atoms with Crippen LogP contribution in [0.2, 0.25) is 0 Å². The molecule has 0 saturated heterocycles. The van der Waals surface area contributed by atoms with E-state index in [2.05, 4.69) is 23.6 Å². The van der Waals surface area contributed by atoms with E-state index >= 15 is 0 Å². The first-order valence-corrected chi connectivity index (χ1v) is 8.39. The number of fused-ring (bicyclic) bond motifs is 3. The van der Waals surface area contributed by atoms with E-state index in [0.717, 1.165) is 23.4 Å². The van der Waals surface area contributed by atoms with E-state index in [1.54, 1.807) is 11.3 Å². The van der Waals surface area contributed by atoms with Gasteiger partial charge in [-0.1, -0.05) is 30.3 Å². The minimum atomic E-state index is -0.117. The van der Waals surface area contributed by atoms with Crippen molar-refractivity contribution in [3.63, 3.8) is 0 Å². The van der Waals surface area contributed by atoms with Crippen molar-refractivity contribution in [3.8, 4) is 11.3 Å². The number of aryl methyl sites for hydroxylation is 2. The third kappa shape index (κ3) is 1.92. The number of nitrogens with zero attached hydrogens (tertiary/aromatic N) is 1. The van der Waals surface area contributed by atoms with E-state index in [-0.39, 0.29) is 6.04 Å². The highest BCUT2D eigenvalue weighted by atomic mass is 32.1. The van der Waals surface area contributed by atoms with Crippen LogP contribution >= 0.6 is 22.7 Å². The number of nitrogens with two attached hydrogens (primary N) is 1. The molecule has 20 heavy (non-hydrogen) atoms. The summed E-state index contributed by atoms with van der Waals surface area (Å²) in [6, 6.07) is 12.3. The van der Waals surface area contributed by atoms with E-state index < -0.39 is 0 Å². The molecule has 0 bridgehead atoms. The number of thiophene rings is 1.